The van der Waals surface area contributed by atoms with Crippen LogP contribution in [0.15, 0.2) is 30.1 Å². The number of rotatable bonds is 4. The van der Waals surface area contributed by atoms with Crippen LogP contribution in [0.3, 0.4) is 0 Å². The van der Waals surface area contributed by atoms with Crippen molar-refractivity contribution in [1.82, 2.24) is 4.98 Å². The molecule has 0 aliphatic heterocycles. The highest BCUT2D eigenvalue weighted by atomic mass is 35.5. The third-order valence-electron chi connectivity index (χ3n) is 2.89. The normalized spacial score (nSPS) is 12.3. The molecule has 0 saturated carbocycles. The average molecular weight is 412 g/mol. The number of hydrogen-bond acceptors (Lipinski definition) is 7. The van der Waals surface area contributed by atoms with Crippen molar-refractivity contribution in [3.63, 3.8) is 0 Å². The Morgan fingerprint density at radius 2 is 1.61 bits per heavy atom. The molecule has 1 aromatic rings. The van der Waals surface area contributed by atoms with E-state index >= 15 is 0 Å². The number of allylic oxidation sites excluding steroid dienone is 2. The van der Waals surface area contributed by atoms with E-state index in [1.165, 1.54) is 18.3 Å². The van der Waals surface area contributed by atoms with E-state index in [2.05, 4.69) is 4.98 Å². The quantitative estimate of drug-likeness (QED) is 0.452. The predicted molar refractivity (Wildman–Crippen MR) is 107 cm³/mol. The Morgan fingerprint density at radius 3 is 2.04 bits per heavy atom. The van der Waals surface area contributed by atoms with E-state index in [0.717, 1.165) is 6.08 Å². The lowest BCUT2D eigenvalue weighted by Crippen LogP contribution is -2.44. The first kappa shape index (κ1) is 23.4. The maximum atomic E-state index is 12.7. The number of ketones is 1. The van der Waals surface area contributed by atoms with E-state index < -0.39 is 29.2 Å². The summed E-state index contributed by atoms with van der Waals surface area (Å²) in [6.07, 6.45) is 0.394. The third kappa shape index (κ3) is 7.19. The van der Waals surface area contributed by atoms with E-state index in [1.54, 1.807) is 41.5 Å². The predicted octanol–water partition coefficient (Wildman–Crippen LogP) is 4.02. The number of carbonyl (C=O) groups excluding carboxylic acids is 3. The SMILES string of the molecule is CC(C)(C)OC(=O)N(C(=O)OC(C)(C)C)c1ncccc1C(=O)C=C(N)CCl. The first-order valence-corrected chi connectivity index (χ1v) is 9.06. The molecule has 0 atom stereocenters. The highest BCUT2D eigenvalue weighted by molar-refractivity contribution is 6.20. The second-order valence-corrected chi connectivity index (χ2v) is 8.16. The third-order valence-corrected chi connectivity index (χ3v) is 3.20. The molecule has 2 N–H and O–H groups in total. The minimum Gasteiger partial charge on any atom is -0.443 e. The van der Waals surface area contributed by atoms with Crippen LogP contribution in [0.5, 0.6) is 0 Å². The van der Waals surface area contributed by atoms with Gasteiger partial charge in [-0.05, 0) is 53.7 Å². The van der Waals surface area contributed by atoms with Crippen molar-refractivity contribution in [2.24, 2.45) is 5.73 Å². The first-order valence-electron chi connectivity index (χ1n) is 8.52. The molecule has 1 rings (SSSR count). The Hall–Kier alpha value is -2.61. The van der Waals surface area contributed by atoms with Gasteiger partial charge in [0.05, 0.1) is 11.4 Å². The minimum atomic E-state index is -1.02. The number of ether oxygens (including phenoxy) is 2. The summed E-state index contributed by atoms with van der Waals surface area (Å²) in [6, 6.07) is 2.90. The summed E-state index contributed by atoms with van der Waals surface area (Å²) < 4.78 is 10.6. The summed E-state index contributed by atoms with van der Waals surface area (Å²) >= 11 is 5.61. The zero-order valence-corrected chi connectivity index (χ0v) is 17.7. The Bertz CT molecular complexity index is 751. The minimum absolute atomic E-state index is 0.0349. The molecule has 2 amide bonds. The monoisotopic (exact) mass is 411 g/mol. The van der Waals surface area contributed by atoms with Crippen molar-refractivity contribution < 1.29 is 23.9 Å². The number of nitrogens with zero attached hydrogens (tertiary/aromatic N) is 2. The molecular weight excluding hydrogens is 386 g/mol. The number of anilines is 1. The Morgan fingerprint density at radius 1 is 1.11 bits per heavy atom. The molecule has 0 saturated heterocycles. The van der Waals surface area contributed by atoms with Crippen LogP contribution in [-0.2, 0) is 9.47 Å². The zero-order chi connectivity index (χ0) is 21.7. The highest BCUT2D eigenvalue weighted by Crippen LogP contribution is 2.24. The van der Waals surface area contributed by atoms with Crippen molar-refractivity contribution in [3.05, 3.63) is 35.7 Å². The van der Waals surface area contributed by atoms with E-state index in [-0.39, 0.29) is 23.0 Å². The number of imide groups is 1. The van der Waals surface area contributed by atoms with Gasteiger partial charge in [0.15, 0.2) is 11.6 Å². The molecule has 0 aliphatic carbocycles. The lowest BCUT2D eigenvalue weighted by molar-refractivity contribution is 0.0429. The maximum absolute atomic E-state index is 12.7. The lowest BCUT2D eigenvalue weighted by Gasteiger charge is -2.28. The fourth-order valence-corrected chi connectivity index (χ4v) is 1.99. The van der Waals surface area contributed by atoms with Gasteiger partial charge in [-0.1, -0.05) is 0 Å². The zero-order valence-electron chi connectivity index (χ0n) is 16.9. The van der Waals surface area contributed by atoms with Gasteiger partial charge in [0.2, 0.25) is 0 Å². The molecule has 0 aliphatic rings. The Balaban J connectivity index is 3.48. The van der Waals surface area contributed by atoms with Gasteiger partial charge < -0.3 is 15.2 Å². The van der Waals surface area contributed by atoms with Gasteiger partial charge in [0.1, 0.15) is 11.2 Å². The molecule has 0 aromatic carbocycles. The molecule has 8 nitrogen and oxygen atoms in total. The summed E-state index contributed by atoms with van der Waals surface area (Å²) in [7, 11) is 0. The highest BCUT2D eigenvalue weighted by Gasteiger charge is 2.35. The fourth-order valence-electron chi connectivity index (χ4n) is 1.91. The molecule has 1 aromatic heterocycles. The van der Waals surface area contributed by atoms with Crippen molar-refractivity contribution >= 4 is 35.4 Å². The number of hydrogen-bond donors (Lipinski definition) is 1. The van der Waals surface area contributed by atoms with Gasteiger partial charge >= 0.3 is 12.2 Å². The van der Waals surface area contributed by atoms with Crippen molar-refractivity contribution in [2.45, 2.75) is 52.7 Å². The number of carbonyl (C=O) groups is 3. The summed E-state index contributed by atoms with van der Waals surface area (Å²) in [4.78, 5) is 42.7. The second-order valence-electron chi connectivity index (χ2n) is 7.89. The van der Waals surface area contributed by atoms with E-state index in [4.69, 9.17) is 26.8 Å². The van der Waals surface area contributed by atoms with Crippen LogP contribution in [0.4, 0.5) is 15.4 Å². The standard InChI is InChI=1S/C19H26ClN3O5/c1-18(2,3)27-16(25)23(17(26)28-19(4,5)6)15-13(8-7-9-22-15)14(24)10-12(21)11-20/h7-10H,11,21H2,1-6H3. The maximum Gasteiger partial charge on any atom is 0.425 e. The lowest BCUT2D eigenvalue weighted by atomic mass is 10.1. The average Bonchev–Trinajstić information content (AvgIpc) is 2.51. The number of alkyl halides is 1. The molecule has 0 fully saturated rings. The van der Waals surface area contributed by atoms with Gasteiger partial charge in [0, 0.05) is 18.0 Å². The molecule has 1 heterocycles. The number of halogens is 1. The van der Waals surface area contributed by atoms with Gasteiger partial charge in [-0.15, -0.1) is 11.6 Å². The van der Waals surface area contributed by atoms with Crippen molar-refractivity contribution in [2.75, 3.05) is 10.8 Å². The number of amides is 2. The molecule has 0 unspecified atom stereocenters. The molecule has 9 heteroatoms. The van der Waals surface area contributed by atoms with Gasteiger partial charge in [-0.3, -0.25) is 4.79 Å². The molecule has 0 bridgehead atoms. The van der Waals surface area contributed by atoms with Crippen LogP contribution in [0, 0.1) is 0 Å². The fraction of sp³-hybridized carbons (Fsp3) is 0.474. The molecular formula is C19H26ClN3O5. The number of pyridine rings is 1. The van der Waals surface area contributed by atoms with Gasteiger partial charge in [-0.25, -0.2) is 14.6 Å². The smallest absolute Gasteiger partial charge is 0.425 e. The van der Waals surface area contributed by atoms with Crippen molar-refractivity contribution in [3.8, 4) is 0 Å². The van der Waals surface area contributed by atoms with Crippen LogP contribution < -0.4 is 10.6 Å². The van der Waals surface area contributed by atoms with Crippen molar-refractivity contribution in [1.29, 1.82) is 0 Å². The van der Waals surface area contributed by atoms with Crippen LogP contribution >= 0.6 is 11.6 Å². The Kier molecular flexibility index (Phi) is 7.58. The first-order chi connectivity index (χ1) is 12.7. The Labute approximate surface area is 169 Å². The topological polar surface area (TPSA) is 112 Å². The number of aromatic nitrogens is 1. The van der Waals surface area contributed by atoms with Crippen LogP contribution in [0.2, 0.25) is 0 Å². The summed E-state index contributed by atoms with van der Waals surface area (Å²) in [6.45, 7) is 9.87. The summed E-state index contributed by atoms with van der Waals surface area (Å²) in [5.74, 6) is -0.851. The van der Waals surface area contributed by atoms with E-state index in [9.17, 15) is 14.4 Å². The summed E-state index contributed by atoms with van der Waals surface area (Å²) in [5, 5.41) is 0. The largest absolute Gasteiger partial charge is 0.443 e. The molecule has 0 radical (unpaired) electrons. The molecule has 154 valence electrons. The van der Waals surface area contributed by atoms with E-state index in [1.807, 2.05) is 0 Å². The van der Waals surface area contributed by atoms with Gasteiger partial charge in [0.25, 0.3) is 0 Å². The molecule has 0 spiro atoms. The molecule has 28 heavy (non-hydrogen) atoms. The van der Waals surface area contributed by atoms with E-state index in [0.29, 0.717) is 4.90 Å². The van der Waals surface area contributed by atoms with Crippen LogP contribution in [0.1, 0.15) is 51.9 Å². The second kappa shape index (κ2) is 9.05. The summed E-state index contributed by atoms with van der Waals surface area (Å²) in [5.41, 5.74) is 3.93. The van der Waals surface area contributed by atoms with Crippen LogP contribution in [0.25, 0.3) is 0 Å². The van der Waals surface area contributed by atoms with Crippen LogP contribution in [-0.4, -0.2) is 40.0 Å². The van der Waals surface area contributed by atoms with Gasteiger partial charge in [-0.2, -0.15) is 4.90 Å². The number of nitrogens with two attached hydrogens (primary N) is 1.